The summed E-state index contributed by atoms with van der Waals surface area (Å²) in [4.78, 5) is 38.8. The summed E-state index contributed by atoms with van der Waals surface area (Å²) in [5, 5.41) is 2.17. The second kappa shape index (κ2) is 11.4. The number of anilines is 1. The number of nitrogens with zero attached hydrogens (tertiary/aromatic N) is 1. The van der Waals surface area contributed by atoms with Crippen LogP contribution in [0, 0.1) is 12.7 Å². The smallest absolute Gasteiger partial charge is 0.294 e. The number of amides is 3. The van der Waals surface area contributed by atoms with E-state index in [1.54, 1.807) is 48.5 Å². The molecular weight excluding hydrogens is 615 g/mol. The molecule has 0 spiro atoms. The normalized spacial score (nSPS) is 14.4. The minimum atomic E-state index is -0.545. The summed E-state index contributed by atoms with van der Waals surface area (Å²) in [6.07, 6.45) is 1.57. The Morgan fingerprint density at radius 3 is 2.42 bits per heavy atom. The molecule has 0 unspecified atom stereocenters. The number of halogens is 3. The number of aryl methyl sites for hydroxylation is 1. The van der Waals surface area contributed by atoms with Crippen molar-refractivity contribution in [3.05, 3.63) is 97.0 Å². The van der Waals surface area contributed by atoms with E-state index in [0.29, 0.717) is 31.5 Å². The van der Waals surface area contributed by atoms with Gasteiger partial charge in [0.25, 0.3) is 11.1 Å². The maximum Gasteiger partial charge on any atom is 0.294 e. The lowest BCUT2D eigenvalue weighted by atomic mass is 10.2. The molecule has 3 aromatic carbocycles. The van der Waals surface area contributed by atoms with E-state index in [4.69, 9.17) is 4.74 Å². The maximum atomic E-state index is 13.9. The zero-order valence-electron chi connectivity index (χ0n) is 18.9. The van der Waals surface area contributed by atoms with E-state index in [0.717, 1.165) is 22.2 Å². The second-order valence-electron chi connectivity index (χ2n) is 7.88. The van der Waals surface area contributed by atoms with Crippen LogP contribution >= 0.6 is 43.6 Å². The van der Waals surface area contributed by atoms with Crippen LogP contribution in [0.15, 0.2) is 74.5 Å². The minimum Gasteiger partial charge on any atom is -0.486 e. The van der Waals surface area contributed by atoms with Gasteiger partial charge in [-0.2, -0.15) is 0 Å². The van der Waals surface area contributed by atoms with Crippen LogP contribution in [0.3, 0.4) is 0 Å². The molecule has 1 saturated heterocycles. The lowest BCUT2D eigenvalue weighted by molar-refractivity contribution is -0.127. The fraction of sp³-hybridized carbons (Fsp3) is 0.115. The average molecular weight is 634 g/mol. The van der Waals surface area contributed by atoms with Crippen molar-refractivity contribution in [1.29, 1.82) is 0 Å². The fourth-order valence-electron chi connectivity index (χ4n) is 3.33. The Labute approximate surface area is 228 Å². The molecular formula is C26H19Br2FN2O4S. The van der Waals surface area contributed by atoms with Gasteiger partial charge >= 0.3 is 0 Å². The van der Waals surface area contributed by atoms with E-state index >= 15 is 0 Å². The van der Waals surface area contributed by atoms with E-state index in [-0.39, 0.29) is 23.9 Å². The molecule has 0 aliphatic carbocycles. The predicted molar refractivity (Wildman–Crippen MR) is 145 cm³/mol. The molecule has 0 saturated carbocycles. The summed E-state index contributed by atoms with van der Waals surface area (Å²) in [6.45, 7) is 1.58. The highest BCUT2D eigenvalue weighted by Crippen LogP contribution is 2.38. The van der Waals surface area contributed by atoms with Crippen LogP contribution in [0.4, 0.5) is 14.9 Å². The van der Waals surface area contributed by atoms with E-state index in [1.807, 2.05) is 19.1 Å². The lowest BCUT2D eigenvalue weighted by Gasteiger charge is -2.13. The average Bonchev–Trinajstić information content (AvgIpc) is 3.08. The highest BCUT2D eigenvalue weighted by atomic mass is 79.9. The van der Waals surface area contributed by atoms with Crippen LogP contribution in [0.2, 0.25) is 0 Å². The summed E-state index contributed by atoms with van der Waals surface area (Å²) in [6, 6.07) is 17.0. The first-order valence-corrected chi connectivity index (χ1v) is 13.1. The minimum absolute atomic E-state index is 0.0345. The number of carbonyl (C=O) groups is 3. The Morgan fingerprint density at radius 2 is 1.75 bits per heavy atom. The molecule has 4 rings (SSSR count). The van der Waals surface area contributed by atoms with Crippen LogP contribution in [0.1, 0.15) is 16.7 Å². The molecule has 184 valence electrons. The summed E-state index contributed by atoms with van der Waals surface area (Å²) in [7, 11) is 0. The number of hydrogen-bond donors (Lipinski definition) is 1. The van der Waals surface area contributed by atoms with Crippen molar-refractivity contribution in [2.24, 2.45) is 0 Å². The zero-order valence-corrected chi connectivity index (χ0v) is 22.9. The van der Waals surface area contributed by atoms with Crippen molar-refractivity contribution in [3.8, 4) is 5.75 Å². The largest absolute Gasteiger partial charge is 0.486 e. The lowest BCUT2D eigenvalue weighted by Crippen LogP contribution is -2.36. The molecule has 0 aromatic heterocycles. The Morgan fingerprint density at radius 1 is 1.08 bits per heavy atom. The van der Waals surface area contributed by atoms with Gasteiger partial charge in [-0.15, -0.1) is 0 Å². The monoisotopic (exact) mass is 632 g/mol. The number of nitrogens with one attached hydrogen (secondary N) is 1. The van der Waals surface area contributed by atoms with Crippen molar-refractivity contribution < 1.29 is 23.5 Å². The molecule has 1 aliphatic heterocycles. The van der Waals surface area contributed by atoms with Gasteiger partial charge in [-0.05, 0) is 92.5 Å². The molecule has 0 atom stereocenters. The van der Waals surface area contributed by atoms with Gasteiger partial charge in [-0.1, -0.05) is 35.9 Å². The molecule has 1 aliphatic rings. The first-order valence-electron chi connectivity index (χ1n) is 10.7. The van der Waals surface area contributed by atoms with Crippen LogP contribution in [-0.4, -0.2) is 28.5 Å². The van der Waals surface area contributed by atoms with Crippen molar-refractivity contribution >= 4 is 72.4 Å². The molecule has 36 heavy (non-hydrogen) atoms. The van der Waals surface area contributed by atoms with Gasteiger partial charge in [-0.25, -0.2) is 4.39 Å². The highest BCUT2D eigenvalue weighted by molar-refractivity contribution is 9.11. The second-order valence-corrected chi connectivity index (χ2v) is 10.6. The summed E-state index contributed by atoms with van der Waals surface area (Å²) < 4.78 is 20.8. The SMILES string of the molecule is Cc1ccc(NC(=O)CN2C(=O)S/C(=C/c3cc(Br)c(OCc4ccccc4F)c(Br)c3)C2=O)cc1. The van der Waals surface area contributed by atoms with E-state index in [2.05, 4.69) is 37.2 Å². The number of ether oxygens (including phenoxy) is 1. The van der Waals surface area contributed by atoms with Gasteiger partial charge in [0, 0.05) is 11.3 Å². The predicted octanol–water partition coefficient (Wildman–Crippen LogP) is 6.91. The molecule has 1 N–H and O–H groups in total. The molecule has 0 radical (unpaired) electrons. The number of benzene rings is 3. The molecule has 3 aromatic rings. The maximum absolute atomic E-state index is 13.9. The van der Waals surface area contributed by atoms with Crippen LogP contribution < -0.4 is 10.1 Å². The number of rotatable bonds is 7. The molecule has 3 amide bonds. The Hall–Kier alpha value is -2.95. The quantitative estimate of drug-likeness (QED) is 0.286. The van der Waals surface area contributed by atoms with Crippen molar-refractivity contribution in [1.82, 2.24) is 4.90 Å². The molecule has 10 heteroatoms. The Bertz CT molecular complexity index is 1360. The fourth-order valence-corrected chi connectivity index (χ4v) is 5.62. The van der Waals surface area contributed by atoms with Crippen LogP contribution in [-0.2, 0) is 16.2 Å². The van der Waals surface area contributed by atoms with Gasteiger partial charge in [-0.3, -0.25) is 19.3 Å². The Balaban J connectivity index is 1.44. The summed E-state index contributed by atoms with van der Waals surface area (Å²) >= 11 is 7.66. The van der Waals surface area contributed by atoms with Gasteiger partial charge in [0.1, 0.15) is 24.7 Å². The van der Waals surface area contributed by atoms with Gasteiger partial charge in [0.15, 0.2) is 0 Å². The number of hydrogen-bond acceptors (Lipinski definition) is 5. The van der Waals surface area contributed by atoms with Gasteiger partial charge in [0.2, 0.25) is 5.91 Å². The van der Waals surface area contributed by atoms with Gasteiger partial charge in [0.05, 0.1) is 13.9 Å². The molecule has 0 bridgehead atoms. The number of imide groups is 1. The first kappa shape index (κ1) is 26.1. The Kier molecular flexibility index (Phi) is 8.28. The third-order valence-corrected chi connectivity index (χ3v) is 7.24. The molecule has 6 nitrogen and oxygen atoms in total. The summed E-state index contributed by atoms with van der Waals surface area (Å²) in [5.74, 6) is -0.902. The van der Waals surface area contributed by atoms with E-state index in [9.17, 15) is 18.8 Å². The van der Waals surface area contributed by atoms with Crippen molar-refractivity contribution in [2.45, 2.75) is 13.5 Å². The molecule has 1 fully saturated rings. The van der Waals surface area contributed by atoms with Crippen LogP contribution in [0.25, 0.3) is 6.08 Å². The summed E-state index contributed by atoms with van der Waals surface area (Å²) in [5.41, 5.74) is 2.68. The third kappa shape index (κ3) is 6.24. The highest BCUT2D eigenvalue weighted by Gasteiger charge is 2.36. The van der Waals surface area contributed by atoms with Crippen LogP contribution in [0.5, 0.6) is 5.75 Å². The molecule has 1 heterocycles. The van der Waals surface area contributed by atoms with E-state index in [1.165, 1.54) is 6.07 Å². The van der Waals surface area contributed by atoms with E-state index < -0.39 is 17.1 Å². The number of thioether (sulfide) groups is 1. The standard InChI is InChI=1S/C26H19Br2FN2O4S/c1-15-6-8-18(9-7-15)30-23(32)13-31-25(33)22(36-26(31)34)12-16-10-19(27)24(20(28)11-16)35-14-17-4-2-3-5-21(17)29/h2-12H,13-14H2,1H3,(H,30,32)/b22-12+. The first-order chi connectivity index (χ1) is 17.2. The van der Waals surface area contributed by atoms with Crippen molar-refractivity contribution in [2.75, 3.05) is 11.9 Å². The zero-order chi connectivity index (χ0) is 25.8. The number of carbonyl (C=O) groups excluding carboxylic acids is 3. The third-order valence-electron chi connectivity index (χ3n) is 5.16. The topological polar surface area (TPSA) is 75.7 Å². The van der Waals surface area contributed by atoms with Crippen molar-refractivity contribution in [3.63, 3.8) is 0 Å². The van der Waals surface area contributed by atoms with Gasteiger partial charge < -0.3 is 10.1 Å².